The van der Waals surface area contributed by atoms with Gasteiger partial charge in [0.15, 0.2) is 0 Å². The summed E-state index contributed by atoms with van der Waals surface area (Å²) in [6.45, 7) is 0. The molecule has 0 unspecified atom stereocenters. The quantitative estimate of drug-likeness (QED) is 0.521. The van der Waals surface area contributed by atoms with Crippen LogP contribution < -0.4 is 0 Å². The van der Waals surface area contributed by atoms with Crippen LogP contribution in [0.25, 0.3) is 0 Å². The molecule has 0 amide bonds. The fourth-order valence-electron chi connectivity index (χ4n) is 1.19. The second-order valence-corrected chi connectivity index (χ2v) is 5.80. The van der Waals surface area contributed by atoms with E-state index < -0.39 is 0 Å². The summed E-state index contributed by atoms with van der Waals surface area (Å²) in [4.78, 5) is 0. The Balaban J connectivity index is 2.12. The first-order valence-corrected chi connectivity index (χ1v) is 5.56. The van der Waals surface area contributed by atoms with Gasteiger partial charge < -0.3 is 0 Å². The van der Waals surface area contributed by atoms with E-state index in [1.807, 2.05) is 0 Å². The van der Waals surface area contributed by atoms with Crippen molar-refractivity contribution in [1.29, 1.82) is 0 Å². The van der Waals surface area contributed by atoms with Crippen LogP contribution in [0.1, 0.15) is 32.1 Å². The molecule has 1 fully saturated rings. The van der Waals surface area contributed by atoms with Crippen molar-refractivity contribution >= 4 is 0 Å². The number of hydrogen-bond donors (Lipinski definition) is 0. The summed E-state index contributed by atoms with van der Waals surface area (Å²) >= 11 is 1.25. The van der Waals surface area contributed by atoms with Crippen LogP contribution in [0.5, 0.6) is 0 Å². The van der Waals surface area contributed by atoms with E-state index in [1.165, 1.54) is 48.5 Å². The molecule has 1 saturated carbocycles. The van der Waals surface area contributed by atoms with Crippen LogP contribution in [0, 0.1) is 0 Å². The van der Waals surface area contributed by atoms with Crippen molar-refractivity contribution in [2.75, 3.05) is 0 Å². The maximum atomic E-state index is 1.56. The molecule has 1 heteroatoms. The van der Waals surface area contributed by atoms with Crippen molar-refractivity contribution in [3.8, 4) is 0 Å². The van der Waals surface area contributed by atoms with Gasteiger partial charge in [0.25, 0.3) is 0 Å². The van der Waals surface area contributed by atoms with Gasteiger partial charge in [-0.2, -0.15) is 0 Å². The van der Waals surface area contributed by atoms with Crippen molar-refractivity contribution in [2.45, 2.75) is 35.6 Å². The van der Waals surface area contributed by atoms with E-state index >= 15 is 0 Å². The Morgan fingerprint density at radius 3 is 1.86 bits per heavy atom. The summed E-state index contributed by atoms with van der Waals surface area (Å²) in [5, 5.41) is 0. The predicted molar refractivity (Wildman–Crippen MR) is 26.8 cm³/mol. The van der Waals surface area contributed by atoms with Gasteiger partial charge in [-0.15, -0.1) is 0 Å². The predicted octanol–water partition coefficient (Wildman–Crippen LogP) is 2.29. The molecule has 0 atom stereocenters. The molecule has 7 heavy (non-hydrogen) atoms. The number of hydrogen-bond acceptors (Lipinski definition) is 0. The fourth-order valence-corrected chi connectivity index (χ4v) is 2.83. The molecular formula is C6H11Cd. The van der Waals surface area contributed by atoms with Gasteiger partial charge in [-0.1, -0.05) is 0 Å². The Bertz CT molecular complexity index is 46.1. The standard InChI is InChI=1S/C6H11.Cd/c1-2-4-6-5-3-1;/h1H,2-6H2;. The summed E-state index contributed by atoms with van der Waals surface area (Å²) in [6.07, 6.45) is 7.70. The Morgan fingerprint density at radius 2 is 1.57 bits per heavy atom. The first-order chi connectivity index (χ1) is 3.39. The zero-order valence-electron chi connectivity index (χ0n) is 4.82. The van der Waals surface area contributed by atoms with E-state index in [-0.39, 0.29) is 0 Å². The number of rotatable bonds is 0. The Hall–Kier alpha value is 0.922. The molecule has 0 aromatic heterocycles. The van der Waals surface area contributed by atoms with Gasteiger partial charge in [0.05, 0.1) is 0 Å². The normalized spacial score (nSPS) is 25.4. The van der Waals surface area contributed by atoms with Crippen LogP contribution in [-0.4, -0.2) is 0 Å². The van der Waals surface area contributed by atoms with Gasteiger partial charge in [0.1, 0.15) is 0 Å². The van der Waals surface area contributed by atoms with E-state index in [9.17, 15) is 0 Å². The molecule has 37 valence electrons. The van der Waals surface area contributed by atoms with Crippen molar-refractivity contribution < 1.29 is 25.8 Å². The molecule has 0 bridgehead atoms. The SMILES string of the molecule is [Cd][CH]1CCCCC1. The molecule has 1 rings (SSSR count). The zero-order chi connectivity index (χ0) is 5.11. The molecular weight excluding hydrogens is 184 g/mol. The van der Waals surface area contributed by atoms with Gasteiger partial charge in [0.2, 0.25) is 0 Å². The monoisotopic (exact) mass is 197 g/mol. The second-order valence-electron chi connectivity index (χ2n) is 2.50. The van der Waals surface area contributed by atoms with Crippen LogP contribution in [-0.2, 0) is 25.8 Å². The molecule has 1 aliphatic carbocycles. The van der Waals surface area contributed by atoms with E-state index in [2.05, 4.69) is 0 Å². The zero-order valence-corrected chi connectivity index (χ0v) is 8.86. The summed E-state index contributed by atoms with van der Waals surface area (Å²) in [5.74, 6) is 0. The first-order valence-electron chi connectivity index (χ1n) is 3.22. The van der Waals surface area contributed by atoms with E-state index in [0.717, 1.165) is 0 Å². The van der Waals surface area contributed by atoms with Gasteiger partial charge >= 0.3 is 61.3 Å². The topological polar surface area (TPSA) is 0 Å². The van der Waals surface area contributed by atoms with E-state index in [4.69, 9.17) is 0 Å². The van der Waals surface area contributed by atoms with Crippen molar-refractivity contribution in [3.05, 3.63) is 0 Å². The molecule has 0 N–H and O–H groups in total. The Kier molecular flexibility index (Phi) is 2.64. The van der Waals surface area contributed by atoms with Gasteiger partial charge in [-0.05, 0) is 0 Å². The summed E-state index contributed by atoms with van der Waals surface area (Å²) in [7, 11) is 0. The van der Waals surface area contributed by atoms with Gasteiger partial charge in [-0.25, -0.2) is 0 Å². The van der Waals surface area contributed by atoms with Crippen molar-refractivity contribution in [1.82, 2.24) is 0 Å². The third-order valence-corrected chi connectivity index (χ3v) is 4.06. The van der Waals surface area contributed by atoms with Crippen molar-refractivity contribution in [3.63, 3.8) is 0 Å². The average Bonchev–Trinajstić information content (AvgIpc) is 1.69. The van der Waals surface area contributed by atoms with Crippen LogP contribution in [0.15, 0.2) is 0 Å². The third-order valence-electron chi connectivity index (χ3n) is 1.72. The maximum absolute atomic E-state index is 1.56. The Labute approximate surface area is 61.4 Å². The summed E-state index contributed by atoms with van der Waals surface area (Å²) in [5.41, 5.74) is 0. The third kappa shape index (κ3) is 2.11. The van der Waals surface area contributed by atoms with Crippen LogP contribution in [0.3, 0.4) is 0 Å². The second kappa shape index (κ2) is 3.05. The van der Waals surface area contributed by atoms with E-state index in [0.29, 0.717) is 0 Å². The minimum absolute atomic E-state index is 1.21. The molecule has 0 radical (unpaired) electrons. The Morgan fingerprint density at radius 1 is 1.00 bits per heavy atom. The molecule has 1 aliphatic rings. The van der Waals surface area contributed by atoms with E-state index in [1.54, 1.807) is 12.8 Å². The fraction of sp³-hybridized carbons (Fsp3) is 1.00. The molecule has 0 nitrogen and oxygen atoms in total. The molecule has 0 aromatic carbocycles. The van der Waals surface area contributed by atoms with Gasteiger partial charge in [0, 0.05) is 0 Å². The minimum atomic E-state index is 1.21. The van der Waals surface area contributed by atoms with Crippen LogP contribution in [0.2, 0.25) is 3.48 Å². The molecule has 0 aliphatic heterocycles. The summed E-state index contributed by atoms with van der Waals surface area (Å²) in [6, 6.07) is 0. The molecule has 0 spiro atoms. The van der Waals surface area contributed by atoms with Crippen molar-refractivity contribution in [2.24, 2.45) is 0 Å². The molecule has 0 heterocycles. The van der Waals surface area contributed by atoms with Gasteiger partial charge in [-0.3, -0.25) is 0 Å². The van der Waals surface area contributed by atoms with Crippen LogP contribution in [0.4, 0.5) is 0 Å². The van der Waals surface area contributed by atoms with Crippen LogP contribution >= 0.6 is 0 Å². The molecule has 0 saturated heterocycles. The average molecular weight is 196 g/mol. The first kappa shape index (κ1) is 6.05. The molecule has 0 aromatic rings. The summed E-state index contributed by atoms with van der Waals surface area (Å²) < 4.78 is 1.21.